The summed E-state index contributed by atoms with van der Waals surface area (Å²) in [6, 6.07) is 8.66. The Hall–Kier alpha value is -1.77. The van der Waals surface area contributed by atoms with Crippen molar-refractivity contribution in [2.75, 3.05) is 18.1 Å². The molecule has 1 N–H and O–H groups in total. The van der Waals surface area contributed by atoms with E-state index >= 15 is 0 Å². The molecule has 1 saturated heterocycles. The number of amides is 2. The zero-order chi connectivity index (χ0) is 18.3. The number of carbonyl (C=O) groups is 2. The van der Waals surface area contributed by atoms with Crippen LogP contribution in [-0.2, 0) is 4.74 Å². The third-order valence-electron chi connectivity index (χ3n) is 4.32. The molecule has 0 saturated carbocycles. The highest BCUT2D eigenvalue weighted by molar-refractivity contribution is 9.10. The highest BCUT2D eigenvalue weighted by Crippen LogP contribution is 2.39. The topological polar surface area (TPSA) is 67.9 Å². The van der Waals surface area contributed by atoms with E-state index in [0.717, 1.165) is 4.47 Å². The van der Waals surface area contributed by atoms with Gasteiger partial charge in [0.2, 0.25) is 0 Å². The van der Waals surface area contributed by atoms with Crippen LogP contribution < -0.4 is 15.0 Å². The first-order chi connectivity index (χ1) is 12.5. The van der Waals surface area contributed by atoms with Gasteiger partial charge in [-0.2, -0.15) is 0 Å². The Bertz CT molecular complexity index is 874. The van der Waals surface area contributed by atoms with Crippen LogP contribution in [0.2, 0.25) is 4.34 Å². The normalized spacial score (nSPS) is 21.3. The average molecular weight is 458 g/mol. The number of anilines is 1. The van der Waals surface area contributed by atoms with E-state index in [0.29, 0.717) is 33.7 Å². The summed E-state index contributed by atoms with van der Waals surface area (Å²) in [5.74, 6) is 0.405. The Kier molecular flexibility index (Phi) is 4.81. The summed E-state index contributed by atoms with van der Waals surface area (Å²) in [6.45, 7) is 0.694. The predicted octanol–water partition coefficient (Wildman–Crippen LogP) is 4.07. The summed E-state index contributed by atoms with van der Waals surface area (Å²) >= 11 is 10.5. The van der Waals surface area contributed by atoms with Crippen molar-refractivity contribution in [1.29, 1.82) is 0 Å². The highest BCUT2D eigenvalue weighted by Gasteiger charge is 2.44. The molecule has 0 spiro atoms. The molecule has 2 aliphatic rings. The molecule has 2 atom stereocenters. The van der Waals surface area contributed by atoms with Crippen LogP contribution in [0, 0.1) is 0 Å². The van der Waals surface area contributed by atoms with Gasteiger partial charge in [0.15, 0.2) is 0 Å². The molecular formula is C17H14BrClN2O4S. The number of hydrogen-bond acceptors (Lipinski definition) is 5. The molecule has 4 rings (SSSR count). The van der Waals surface area contributed by atoms with Gasteiger partial charge in [-0.1, -0.05) is 27.5 Å². The first-order valence-corrected chi connectivity index (χ1v) is 9.97. The number of fused-ring (bicyclic) bond motifs is 3. The van der Waals surface area contributed by atoms with E-state index in [-0.39, 0.29) is 18.5 Å². The van der Waals surface area contributed by atoms with Gasteiger partial charge in [-0.15, -0.1) is 11.3 Å². The number of rotatable bonds is 3. The van der Waals surface area contributed by atoms with Crippen LogP contribution in [0.5, 0.6) is 5.75 Å². The molecule has 2 aromatic rings. The predicted molar refractivity (Wildman–Crippen MR) is 102 cm³/mol. The fourth-order valence-corrected chi connectivity index (χ4v) is 4.44. The number of halogens is 2. The molecule has 0 unspecified atom stereocenters. The van der Waals surface area contributed by atoms with Crippen molar-refractivity contribution in [3.05, 3.63) is 44.0 Å². The minimum Gasteiger partial charge on any atom is -0.491 e. The second-order valence-electron chi connectivity index (χ2n) is 5.92. The maximum absolute atomic E-state index is 12.4. The van der Waals surface area contributed by atoms with E-state index < -0.39 is 12.2 Å². The van der Waals surface area contributed by atoms with Crippen molar-refractivity contribution in [3.63, 3.8) is 0 Å². The van der Waals surface area contributed by atoms with Gasteiger partial charge in [0, 0.05) is 10.9 Å². The van der Waals surface area contributed by atoms with E-state index in [4.69, 9.17) is 21.1 Å². The summed E-state index contributed by atoms with van der Waals surface area (Å²) in [5.41, 5.74) is 0.680. The largest absolute Gasteiger partial charge is 0.491 e. The average Bonchev–Trinajstić information content (AvgIpc) is 3.11. The van der Waals surface area contributed by atoms with Crippen LogP contribution in [0.25, 0.3) is 0 Å². The number of nitrogens with one attached hydrogen (secondary N) is 1. The lowest BCUT2D eigenvalue weighted by Gasteiger charge is -2.22. The SMILES string of the molecule is O=C(NC[C@@H]1OC(=O)N2c3ccc(Br)cc3OCC[C@@H]12)c1ccc(Cl)s1. The first kappa shape index (κ1) is 17.6. The first-order valence-electron chi connectivity index (χ1n) is 7.98. The second kappa shape index (κ2) is 7.09. The Morgan fingerprint density at radius 3 is 3.00 bits per heavy atom. The molecule has 3 heterocycles. The molecule has 136 valence electrons. The quantitative estimate of drug-likeness (QED) is 0.754. The van der Waals surface area contributed by atoms with Crippen molar-refractivity contribution in [2.24, 2.45) is 0 Å². The molecule has 2 amide bonds. The van der Waals surface area contributed by atoms with E-state index in [1.165, 1.54) is 11.3 Å². The Labute approximate surface area is 167 Å². The van der Waals surface area contributed by atoms with Crippen LogP contribution in [0.4, 0.5) is 10.5 Å². The maximum Gasteiger partial charge on any atom is 0.415 e. The summed E-state index contributed by atoms with van der Waals surface area (Å²) in [7, 11) is 0. The van der Waals surface area contributed by atoms with Gasteiger partial charge in [-0.05, 0) is 30.3 Å². The summed E-state index contributed by atoms with van der Waals surface area (Å²) < 4.78 is 12.7. The molecule has 0 bridgehead atoms. The van der Waals surface area contributed by atoms with E-state index in [2.05, 4.69) is 21.2 Å². The number of thiophene rings is 1. The number of carbonyl (C=O) groups excluding carboxylic acids is 2. The van der Waals surface area contributed by atoms with Gasteiger partial charge < -0.3 is 14.8 Å². The number of benzene rings is 1. The number of cyclic esters (lactones) is 1. The molecule has 1 fully saturated rings. The lowest BCUT2D eigenvalue weighted by molar-refractivity contribution is 0.0901. The van der Waals surface area contributed by atoms with Crippen molar-refractivity contribution in [2.45, 2.75) is 18.6 Å². The van der Waals surface area contributed by atoms with Crippen LogP contribution in [0.1, 0.15) is 16.1 Å². The van der Waals surface area contributed by atoms with Gasteiger partial charge in [0.1, 0.15) is 11.9 Å². The second-order valence-corrected chi connectivity index (χ2v) is 8.55. The number of ether oxygens (including phenoxy) is 2. The van der Waals surface area contributed by atoms with Crippen LogP contribution in [0.3, 0.4) is 0 Å². The Morgan fingerprint density at radius 1 is 1.38 bits per heavy atom. The van der Waals surface area contributed by atoms with Crippen molar-refractivity contribution < 1.29 is 19.1 Å². The van der Waals surface area contributed by atoms with Crippen LogP contribution in [-0.4, -0.2) is 37.3 Å². The molecule has 2 aliphatic heterocycles. The Balaban J connectivity index is 1.50. The van der Waals surface area contributed by atoms with E-state index in [1.807, 2.05) is 18.2 Å². The standard InChI is InChI=1S/C17H14BrClN2O4S/c18-9-1-2-10-12(7-9)24-6-5-11-13(25-17(23)21(10)11)8-20-16(22)14-3-4-15(19)26-14/h1-4,7,11,13H,5-6,8H2,(H,20,22)/t11-,13-/m0/s1. The summed E-state index contributed by atoms with van der Waals surface area (Å²) in [6.07, 6.45) is -0.258. The molecule has 0 aliphatic carbocycles. The van der Waals surface area contributed by atoms with E-state index in [9.17, 15) is 9.59 Å². The van der Waals surface area contributed by atoms with Crippen LogP contribution in [0.15, 0.2) is 34.8 Å². The fourth-order valence-electron chi connectivity index (χ4n) is 3.15. The van der Waals surface area contributed by atoms with Crippen molar-refractivity contribution >= 4 is 56.6 Å². The van der Waals surface area contributed by atoms with Crippen molar-refractivity contribution in [1.82, 2.24) is 5.32 Å². The molecule has 1 aromatic carbocycles. The van der Waals surface area contributed by atoms with Gasteiger partial charge in [-0.25, -0.2) is 4.79 Å². The zero-order valence-corrected chi connectivity index (χ0v) is 16.6. The van der Waals surface area contributed by atoms with Gasteiger partial charge in [-0.3, -0.25) is 9.69 Å². The monoisotopic (exact) mass is 456 g/mol. The minimum atomic E-state index is -0.444. The molecule has 0 radical (unpaired) electrons. The van der Waals surface area contributed by atoms with Gasteiger partial charge >= 0.3 is 6.09 Å². The smallest absolute Gasteiger partial charge is 0.415 e. The van der Waals surface area contributed by atoms with E-state index in [1.54, 1.807) is 17.0 Å². The zero-order valence-electron chi connectivity index (χ0n) is 13.4. The molecule has 26 heavy (non-hydrogen) atoms. The fraction of sp³-hybridized carbons (Fsp3) is 0.294. The summed E-state index contributed by atoms with van der Waals surface area (Å²) in [4.78, 5) is 26.8. The van der Waals surface area contributed by atoms with Crippen molar-refractivity contribution in [3.8, 4) is 5.75 Å². The number of nitrogens with zero attached hydrogens (tertiary/aromatic N) is 1. The van der Waals surface area contributed by atoms with Crippen LogP contribution >= 0.6 is 38.9 Å². The third-order valence-corrected chi connectivity index (χ3v) is 6.05. The maximum atomic E-state index is 12.4. The van der Waals surface area contributed by atoms with Gasteiger partial charge in [0.25, 0.3) is 5.91 Å². The minimum absolute atomic E-state index is 0.197. The highest BCUT2D eigenvalue weighted by atomic mass is 79.9. The summed E-state index contributed by atoms with van der Waals surface area (Å²) in [5, 5.41) is 2.82. The molecule has 6 nitrogen and oxygen atoms in total. The third kappa shape index (κ3) is 3.28. The number of hydrogen-bond donors (Lipinski definition) is 1. The molecular weight excluding hydrogens is 444 g/mol. The molecule has 1 aromatic heterocycles. The molecule has 9 heteroatoms. The lowest BCUT2D eigenvalue weighted by Crippen LogP contribution is -2.42. The lowest BCUT2D eigenvalue weighted by atomic mass is 10.1. The Morgan fingerprint density at radius 2 is 2.23 bits per heavy atom. The van der Waals surface area contributed by atoms with Gasteiger partial charge in [0.05, 0.1) is 34.1 Å².